The molecule has 1 amide bonds. The zero-order valence-corrected chi connectivity index (χ0v) is 11.2. The Morgan fingerprint density at radius 1 is 1.44 bits per heavy atom. The Morgan fingerprint density at radius 3 is 3.06 bits per heavy atom. The summed E-state index contributed by atoms with van der Waals surface area (Å²) >= 11 is 1.68. The molecule has 0 unspecified atom stereocenters. The molecule has 96 valence electrons. The molecular formula is C13H17N3OS. The molecule has 1 aromatic heterocycles. The number of aromatic nitrogens is 2. The summed E-state index contributed by atoms with van der Waals surface area (Å²) in [5.74, 6) is 1.90. The van der Waals surface area contributed by atoms with Crippen molar-refractivity contribution in [2.75, 3.05) is 18.6 Å². The number of rotatable bonds is 6. The first-order chi connectivity index (χ1) is 8.79. The molecule has 0 atom stereocenters. The van der Waals surface area contributed by atoms with Crippen LogP contribution in [0.15, 0.2) is 24.3 Å². The molecule has 0 spiro atoms. The van der Waals surface area contributed by atoms with Crippen molar-refractivity contribution in [2.24, 2.45) is 0 Å². The Morgan fingerprint density at radius 2 is 2.28 bits per heavy atom. The van der Waals surface area contributed by atoms with E-state index in [1.54, 1.807) is 11.8 Å². The molecule has 0 aliphatic rings. The summed E-state index contributed by atoms with van der Waals surface area (Å²) in [7, 11) is 0. The van der Waals surface area contributed by atoms with Crippen molar-refractivity contribution in [1.29, 1.82) is 0 Å². The molecule has 2 rings (SSSR count). The quantitative estimate of drug-likeness (QED) is 0.838. The van der Waals surface area contributed by atoms with Crippen LogP contribution in [0.25, 0.3) is 11.0 Å². The van der Waals surface area contributed by atoms with E-state index in [1.807, 2.05) is 30.5 Å². The van der Waals surface area contributed by atoms with Crippen LogP contribution < -0.4 is 5.32 Å². The van der Waals surface area contributed by atoms with Gasteiger partial charge < -0.3 is 10.3 Å². The normalized spacial score (nSPS) is 10.7. The number of imidazole rings is 1. The van der Waals surface area contributed by atoms with Crippen LogP contribution >= 0.6 is 11.8 Å². The van der Waals surface area contributed by atoms with Gasteiger partial charge in [0.1, 0.15) is 5.82 Å². The topological polar surface area (TPSA) is 57.8 Å². The number of amides is 1. The van der Waals surface area contributed by atoms with Gasteiger partial charge in [-0.1, -0.05) is 12.1 Å². The number of H-pyrrole nitrogens is 1. The fourth-order valence-corrected chi connectivity index (χ4v) is 2.12. The van der Waals surface area contributed by atoms with Gasteiger partial charge in [-0.15, -0.1) is 0 Å². The molecule has 5 heteroatoms. The Labute approximate surface area is 111 Å². The van der Waals surface area contributed by atoms with E-state index >= 15 is 0 Å². The lowest BCUT2D eigenvalue weighted by molar-refractivity contribution is -0.120. The first kappa shape index (κ1) is 13.0. The number of nitrogens with zero attached hydrogens (tertiary/aromatic N) is 1. The van der Waals surface area contributed by atoms with Crippen molar-refractivity contribution in [2.45, 2.75) is 12.8 Å². The highest BCUT2D eigenvalue weighted by Gasteiger charge is 2.03. The number of para-hydroxylation sites is 2. The summed E-state index contributed by atoms with van der Waals surface area (Å²) in [5, 5.41) is 2.90. The molecule has 0 bridgehead atoms. The summed E-state index contributed by atoms with van der Waals surface area (Å²) in [4.78, 5) is 19.1. The zero-order chi connectivity index (χ0) is 12.8. The second kappa shape index (κ2) is 6.44. The van der Waals surface area contributed by atoms with Crippen LogP contribution in [0.1, 0.15) is 12.2 Å². The van der Waals surface area contributed by atoms with Crippen LogP contribution in [-0.4, -0.2) is 34.4 Å². The average molecular weight is 263 g/mol. The fraction of sp³-hybridized carbons (Fsp3) is 0.385. The number of benzene rings is 1. The van der Waals surface area contributed by atoms with Gasteiger partial charge in [0, 0.05) is 25.1 Å². The monoisotopic (exact) mass is 263 g/mol. The molecule has 0 aliphatic carbocycles. The first-order valence-electron chi connectivity index (χ1n) is 5.99. The van der Waals surface area contributed by atoms with Crippen LogP contribution in [0.2, 0.25) is 0 Å². The second-order valence-corrected chi connectivity index (χ2v) is 5.03. The predicted molar refractivity (Wildman–Crippen MR) is 75.8 cm³/mol. The molecule has 18 heavy (non-hydrogen) atoms. The number of aromatic amines is 1. The maximum atomic E-state index is 11.4. The van der Waals surface area contributed by atoms with Crippen molar-refractivity contribution in [3.8, 4) is 0 Å². The van der Waals surface area contributed by atoms with Gasteiger partial charge in [-0.2, -0.15) is 11.8 Å². The minimum atomic E-state index is 0.112. The summed E-state index contributed by atoms with van der Waals surface area (Å²) in [6.07, 6.45) is 3.32. The number of fused-ring (bicyclic) bond motifs is 1. The highest BCUT2D eigenvalue weighted by atomic mass is 32.2. The highest BCUT2D eigenvalue weighted by Crippen LogP contribution is 2.10. The third kappa shape index (κ3) is 3.50. The van der Waals surface area contributed by atoms with Gasteiger partial charge in [0.15, 0.2) is 0 Å². The minimum Gasteiger partial charge on any atom is -0.356 e. The van der Waals surface area contributed by atoms with E-state index in [-0.39, 0.29) is 5.91 Å². The third-order valence-electron chi connectivity index (χ3n) is 2.66. The van der Waals surface area contributed by atoms with Crippen LogP contribution in [0, 0.1) is 0 Å². The van der Waals surface area contributed by atoms with Gasteiger partial charge in [-0.05, 0) is 18.4 Å². The van der Waals surface area contributed by atoms with E-state index in [2.05, 4.69) is 15.3 Å². The van der Waals surface area contributed by atoms with Gasteiger partial charge in [0.2, 0.25) is 5.91 Å². The SMILES string of the molecule is CSCCC(=O)NCCc1nc2ccccc2[nH]1. The van der Waals surface area contributed by atoms with Crippen molar-refractivity contribution < 1.29 is 4.79 Å². The molecule has 0 aliphatic heterocycles. The van der Waals surface area contributed by atoms with E-state index in [0.717, 1.165) is 29.0 Å². The number of hydrogen-bond acceptors (Lipinski definition) is 3. The fourth-order valence-electron chi connectivity index (χ4n) is 1.73. The summed E-state index contributed by atoms with van der Waals surface area (Å²) < 4.78 is 0. The maximum Gasteiger partial charge on any atom is 0.220 e. The molecule has 1 aromatic carbocycles. The van der Waals surface area contributed by atoms with Gasteiger partial charge in [-0.3, -0.25) is 4.79 Å². The van der Waals surface area contributed by atoms with Gasteiger partial charge in [-0.25, -0.2) is 4.98 Å². The molecule has 1 heterocycles. The molecule has 2 aromatic rings. The lowest BCUT2D eigenvalue weighted by atomic mass is 10.3. The maximum absolute atomic E-state index is 11.4. The van der Waals surface area contributed by atoms with Crippen LogP contribution in [0.4, 0.5) is 0 Å². The second-order valence-electron chi connectivity index (χ2n) is 4.04. The number of carbonyl (C=O) groups is 1. The average Bonchev–Trinajstić information content (AvgIpc) is 2.79. The standard InChI is InChI=1S/C13H17N3OS/c1-18-9-7-13(17)14-8-6-12-15-10-4-2-3-5-11(10)16-12/h2-5H,6-9H2,1H3,(H,14,17)(H,15,16). The van der Waals surface area contributed by atoms with Crippen molar-refractivity contribution in [3.63, 3.8) is 0 Å². The number of nitrogens with one attached hydrogen (secondary N) is 2. The smallest absolute Gasteiger partial charge is 0.220 e. The molecule has 0 saturated heterocycles. The van der Waals surface area contributed by atoms with Gasteiger partial charge >= 0.3 is 0 Å². The van der Waals surface area contributed by atoms with Crippen LogP contribution in [0.3, 0.4) is 0 Å². The lowest BCUT2D eigenvalue weighted by Crippen LogP contribution is -2.26. The summed E-state index contributed by atoms with van der Waals surface area (Å²) in [6.45, 7) is 0.632. The van der Waals surface area contributed by atoms with Crippen LogP contribution in [-0.2, 0) is 11.2 Å². The van der Waals surface area contributed by atoms with Crippen molar-refractivity contribution >= 4 is 28.7 Å². The number of carbonyl (C=O) groups excluding carboxylic acids is 1. The van der Waals surface area contributed by atoms with E-state index in [9.17, 15) is 4.79 Å². The predicted octanol–water partition coefficient (Wildman–Crippen LogP) is 1.97. The summed E-state index contributed by atoms with van der Waals surface area (Å²) in [5.41, 5.74) is 2.02. The summed E-state index contributed by atoms with van der Waals surface area (Å²) in [6, 6.07) is 7.93. The molecule has 0 saturated carbocycles. The largest absolute Gasteiger partial charge is 0.356 e. The number of thioether (sulfide) groups is 1. The van der Waals surface area contributed by atoms with Crippen molar-refractivity contribution in [1.82, 2.24) is 15.3 Å². The molecule has 4 nitrogen and oxygen atoms in total. The van der Waals surface area contributed by atoms with Crippen molar-refractivity contribution in [3.05, 3.63) is 30.1 Å². The van der Waals surface area contributed by atoms with Crippen LogP contribution in [0.5, 0.6) is 0 Å². The Kier molecular flexibility index (Phi) is 4.64. The zero-order valence-electron chi connectivity index (χ0n) is 10.4. The highest BCUT2D eigenvalue weighted by molar-refractivity contribution is 7.98. The lowest BCUT2D eigenvalue weighted by Gasteiger charge is -2.02. The van der Waals surface area contributed by atoms with Gasteiger partial charge in [0.05, 0.1) is 11.0 Å². The third-order valence-corrected chi connectivity index (χ3v) is 3.27. The molecule has 2 N–H and O–H groups in total. The molecule has 0 fully saturated rings. The van der Waals surface area contributed by atoms with E-state index < -0.39 is 0 Å². The number of hydrogen-bond donors (Lipinski definition) is 2. The van der Waals surface area contributed by atoms with Gasteiger partial charge in [0.25, 0.3) is 0 Å². The van der Waals surface area contributed by atoms with E-state index in [1.165, 1.54) is 0 Å². The Balaban J connectivity index is 1.81. The van der Waals surface area contributed by atoms with E-state index in [4.69, 9.17) is 0 Å². The molecule has 0 radical (unpaired) electrons. The first-order valence-corrected chi connectivity index (χ1v) is 7.38. The Bertz CT molecular complexity index is 491. The minimum absolute atomic E-state index is 0.112. The Hall–Kier alpha value is -1.49. The van der Waals surface area contributed by atoms with E-state index in [0.29, 0.717) is 13.0 Å². The molecular weight excluding hydrogens is 246 g/mol.